The molecule has 9 heteroatoms. The fourth-order valence-electron chi connectivity index (χ4n) is 3.28. The second-order valence-corrected chi connectivity index (χ2v) is 10.4. The molecular weight excluding hydrogens is 451 g/mol. The molecule has 1 amide bonds. The van der Waals surface area contributed by atoms with E-state index < -0.39 is 10.0 Å². The maximum absolute atomic E-state index is 13.0. The van der Waals surface area contributed by atoms with Gasteiger partial charge in [-0.05, 0) is 66.2 Å². The minimum Gasteiger partial charge on any atom is -0.322 e. The normalized spacial score (nSPS) is 13.8. The van der Waals surface area contributed by atoms with Crippen molar-refractivity contribution in [3.8, 4) is 0 Å². The molecule has 29 heavy (non-hydrogen) atoms. The maximum Gasteiger partial charge on any atom is 0.273 e. The van der Waals surface area contributed by atoms with Crippen LogP contribution in [0.25, 0.3) is 0 Å². The lowest BCUT2D eigenvalue weighted by molar-refractivity contribution is 0.102. The summed E-state index contributed by atoms with van der Waals surface area (Å²) in [6.45, 7) is 0.430. The van der Waals surface area contributed by atoms with Crippen LogP contribution in [0.5, 0.6) is 0 Å². The Kier molecular flexibility index (Phi) is 5.57. The van der Waals surface area contributed by atoms with Crippen molar-refractivity contribution >= 4 is 61.8 Å². The molecule has 2 aromatic carbocycles. The number of carbonyl (C=O) groups is 1. The highest BCUT2D eigenvalue weighted by Crippen LogP contribution is 2.35. The fourth-order valence-corrected chi connectivity index (χ4v) is 6.42. The Hall–Kier alpha value is -2.06. The SMILES string of the molecule is O=C(Nc1ccc2c(c1)CCCN2S(=O)(=O)c1cccs1)c1ccc(Cl)cc1Cl. The van der Waals surface area contributed by atoms with Crippen LogP contribution in [0.1, 0.15) is 22.3 Å². The van der Waals surface area contributed by atoms with Gasteiger partial charge in [0.15, 0.2) is 0 Å². The number of aryl methyl sites for hydroxylation is 1. The van der Waals surface area contributed by atoms with Crippen LogP contribution in [0.2, 0.25) is 10.0 Å². The minimum atomic E-state index is -3.59. The molecule has 150 valence electrons. The number of hydrogen-bond donors (Lipinski definition) is 1. The molecule has 4 rings (SSSR count). The Balaban J connectivity index is 1.61. The molecule has 1 aromatic heterocycles. The topological polar surface area (TPSA) is 66.5 Å². The monoisotopic (exact) mass is 466 g/mol. The van der Waals surface area contributed by atoms with Gasteiger partial charge in [0.2, 0.25) is 0 Å². The van der Waals surface area contributed by atoms with E-state index in [4.69, 9.17) is 23.2 Å². The lowest BCUT2D eigenvalue weighted by Gasteiger charge is -2.30. The van der Waals surface area contributed by atoms with Gasteiger partial charge in [-0.3, -0.25) is 9.10 Å². The average Bonchev–Trinajstić information content (AvgIpc) is 3.23. The summed E-state index contributed by atoms with van der Waals surface area (Å²) in [7, 11) is -3.59. The summed E-state index contributed by atoms with van der Waals surface area (Å²) in [6.07, 6.45) is 1.44. The average molecular weight is 467 g/mol. The molecular formula is C20H16Cl2N2O3S2. The van der Waals surface area contributed by atoms with Crippen LogP contribution in [-0.2, 0) is 16.4 Å². The van der Waals surface area contributed by atoms with Crippen molar-refractivity contribution in [3.05, 3.63) is 75.1 Å². The molecule has 3 aromatic rings. The van der Waals surface area contributed by atoms with Crippen LogP contribution in [0, 0.1) is 0 Å². The highest BCUT2D eigenvalue weighted by molar-refractivity contribution is 7.94. The van der Waals surface area contributed by atoms with Gasteiger partial charge < -0.3 is 5.32 Å². The number of halogens is 2. The third-order valence-electron chi connectivity index (χ3n) is 4.63. The van der Waals surface area contributed by atoms with E-state index in [1.807, 2.05) is 6.07 Å². The molecule has 0 fully saturated rings. The molecule has 5 nitrogen and oxygen atoms in total. The lowest BCUT2D eigenvalue weighted by Crippen LogP contribution is -2.35. The van der Waals surface area contributed by atoms with Gasteiger partial charge in [-0.2, -0.15) is 0 Å². The number of fused-ring (bicyclic) bond motifs is 1. The van der Waals surface area contributed by atoms with Gasteiger partial charge in [0.1, 0.15) is 4.21 Å². The predicted octanol–water partition coefficient (Wildman–Crippen LogP) is 5.45. The van der Waals surface area contributed by atoms with Crippen LogP contribution in [0.4, 0.5) is 11.4 Å². The molecule has 0 bridgehead atoms. The highest BCUT2D eigenvalue weighted by Gasteiger charge is 2.30. The number of nitrogens with one attached hydrogen (secondary N) is 1. The van der Waals surface area contributed by atoms with E-state index in [9.17, 15) is 13.2 Å². The van der Waals surface area contributed by atoms with E-state index in [0.29, 0.717) is 39.1 Å². The fraction of sp³-hybridized carbons (Fsp3) is 0.150. The molecule has 1 aliphatic heterocycles. The van der Waals surface area contributed by atoms with Crippen LogP contribution in [-0.4, -0.2) is 20.9 Å². The zero-order valence-corrected chi connectivity index (χ0v) is 18.2. The Morgan fingerprint density at radius 3 is 2.66 bits per heavy atom. The first-order valence-electron chi connectivity index (χ1n) is 8.82. The predicted molar refractivity (Wildman–Crippen MR) is 118 cm³/mol. The van der Waals surface area contributed by atoms with E-state index in [1.54, 1.807) is 41.8 Å². The molecule has 0 radical (unpaired) electrons. The number of thiophene rings is 1. The van der Waals surface area contributed by atoms with E-state index in [-0.39, 0.29) is 10.9 Å². The minimum absolute atomic E-state index is 0.265. The van der Waals surface area contributed by atoms with Gasteiger partial charge in [0, 0.05) is 17.3 Å². The first-order chi connectivity index (χ1) is 13.9. The molecule has 0 atom stereocenters. The molecule has 0 spiro atoms. The summed E-state index contributed by atoms with van der Waals surface area (Å²) < 4.78 is 27.7. The first kappa shape index (κ1) is 20.2. The van der Waals surface area contributed by atoms with Crippen molar-refractivity contribution in [2.45, 2.75) is 17.1 Å². The Morgan fingerprint density at radius 2 is 1.93 bits per heavy atom. The standard InChI is InChI=1S/C20H16Cl2N2O3S2/c21-14-5-7-16(17(22)12-14)20(25)23-15-6-8-18-13(11-15)3-1-9-24(18)29(26,27)19-4-2-10-28-19/h2,4-8,10-12H,1,3,9H2,(H,23,25). The molecule has 1 aliphatic rings. The third-order valence-corrected chi connectivity index (χ3v) is 8.36. The van der Waals surface area contributed by atoms with Crippen molar-refractivity contribution in [3.63, 3.8) is 0 Å². The number of anilines is 2. The van der Waals surface area contributed by atoms with Crippen LogP contribution < -0.4 is 9.62 Å². The lowest BCUT2D eigenvalue weighted by atomic mass is 10.0. The van der Waals surface area contributed by atoms with Crippen molar-refractivity contribution in [2.24, 2.45) is 0 Å². The second kappa shape index (κ2) is 7.99. The van der Waals surface area contributed by atoms with Gasteiger partial charge >= 0.3 is 0 Å². The first-order valence-corrected chi connectivity index (χ1v) is 11.9. The quantitative estimate of drug-likeness (QED) is 0.555. The maximum atomic E-state index is 13.0. The zero-order chi connectivity index (χ0) is 20.6. The van der Waals surface area contributed by atoms with Crippen LogP contribution in [0.3, 0.4) is 0 Å². The molecule has 0 unspecified atom stereocenters. The number of benzene rings is 2. The molecule has 0 aliphatic carbocycles. The van der Waals surface area contributed by atoms with Crippen molar-refractivity contribution in [1.29, 1.82) is 0 Å². The van der Waals surface area contributed by atoms with E-state index in [2.05, 4.69) is 5.32 Å². The van der Waals surface area contributed by atoms with Crippen molar-refractivity contribution in [2.75, 3.05) is 16.2 Å². The summed E-state index contributed by atoms with van der Waals surface area (Å²) in [5.41, 5.74) is 2.41. The molecule has 0 saturated heterocycles. The second-order valence-electron chi connectivity index (χ2n) is 6.53. The summed E-state index contributed by atoms with van der Waals surface area (Å²) in [5, 5.41) is 5.28. The Morgan fingerprint density at radius 1 is 1.10 bits per heavy atom. The number of sulfonamides is 1. The number of carbonyl (C=O) groups excluding carboxylic acids is 1. The van der Waals surface area contributed by atoms with Crippen molar-refractivity contribution in [1.82, 2.24) is 0 Å². The third kappa shape index (κ3) is 4.00. The van der Waals surface area contributed by atoms with Gasteiger partial charge in [0.05, 0.1) is 16.3 Å². The Labute approximate surface area is 182 Å². The van der Waals surface area contributed by atoms with Gasteiger partial charge in [0.25, 0.3) is 15.9 Å². The van der Waals surface area contributed by atoms with Crippen LogP contribution >= 0.6 is 34.5 Å². The summed E-state index contributed by atoms with van der Waals surface area (Å²) >= 11 is 13.2. The van der Waals surface area contributed by atoms with Crippen LogP contribution in [0.15, 0.2) is 58.1 Å². The van der Waals surface area contributed by atoms with Gasteiger partial charge in [-0.15, -0.1) is 11.3 Å². The van der Waals surface area contributed by atoms with E-state index in [0.717, 1.165) is 12.0 Å². The summed E-state index contributed by atoms with van der Waals surface area (Å²) in [6, 6.07) is 13.3. The van der Waals surface area contributed by atoms with Gasteiger partial charge in [-0.1, -0.05) is 29.3 Å². The van der Waals surface area contributed by atoms with Gasteiger partial charge in [-0.25, -0.2) is 8.42 Å². The number of amides is 1. The molecule has 1 N–H and O–H groups in total. The Bertz CT molecular complexity index is 1180. The number of nitrogens with zero attached hydrogens (tertiary/aromatic N) is 1. The molecule has 2 heterocycles. The highest BCUT2D eigenvalue weighted by atomic mass is 35.5. The summed E-state index contributed by atoms with van der Waals surface area (Å²) in [4.78, 5) is 12.5. The van der Waals surface area contributed by atoms with E-state index in [1.165, 1.54) is 21.7 Å². The summed E-state index contributed by atoms with van der Waals surface area (Å²) in [5.74, 6) is -0.356. The van der Waals surface area contributed by atoms with Crippen molar-refractivity contribution < 1.29 is 13.2 Å². The number of rotatable bonds is 4. The van der Waals surface area contributed by atoms with E-state index >= 15 is 0 Å². The smallest absolute Gasteiger partial charge is 0.273 e. The number of hydrogen-bond acceptors (Lipinski definition) is 4. The zero-order valence-electron chi connectivity index (χ0n) is 15.1. The molecule has 0 saturated carbocycles. The largest absolute Gasteiger partial charge is 0.322 e.